The zero-order chi connectivity index (χ0) is 24.4. The van der Waals surface area contributed by atoms with E-state index in [1.165, 1.54) is 0 Å². The van der Waals surface area contributed by atoms with Crippen molar-refractivity contribution in [3.05, 3.63) is 110 Å². The van der Waals surface area contributed by atoms with Crippen molar-refractivity contribution in [2.75, 3.05) is 14.1 Å². The number of fused-ring (bicyclic) bond motifs is 5. The number of thiophene rings is 1. The summed E-state index contributed by atoms with van der Waals surface area (Å²) in [6.07, 6.45) is 0. The molecular weight excluding hydrogens is 452 g/mol. The molecule has 0 amide bonds. The van der Waals surface area contributed by atoms with Gasteiger partial charge in [-0.05, 0) is 0 Å². The predicted octanol–water partition coefficient (Wildman–Crippen LogP) is 2.46. The van der Waals surface area contributed by atoms with Gasteiger partial charge in [0, 0.05) is 31.4 Å². The first-order valence-corrected chi connectivity index (χ1v) is 10.1. The van der Waals surface area contributed by atoms with Crippen LogP contribution in [0.2, 0.25) is 0 Å². The molecular formula is C22H14N2O8S. The van der Waals surface area contributed by atoms with Crippen molar-refractivity contribution in [1.29, 1.82) is 0 Å². The molecule has 0 atom stereocenters. The van der Waals surface area contributed by atoms with E-state index in [1.807, 2.05) is 0 Å². The van der Waals surface area contributed by atoms with Gasteiger partial charge in [-0.3, -0.25) is 39.4 Å². The third-order valence-corrected chi connectivity index (χ3v) is 5.79. The summed E-state index contributed by atoms with van der Waals surface area (Å²) in [6, 6.07) is 13.1. The number of hydrogen-bond acceptors (Lipinski definition) is 9. The molecule has 1 aromatic heterocycles. The highest BCUT2D eigenvalue weighted by Crippen LogP contribution is 2.28. The summed E-state index contributed by atoms with van der Waals surface area (Å²) >= 11 is 0.948. The molecule has 4 aromatic carbocycles. The maximum Gasteiger partial charge on any atom is 0.204 e. The average Bonchev–Trinajstić information content (AvgIpc) is 3.17. The summed E-state index contributed by atoms with van der Waals surface area (Å²) in [4.78, 5) is 68.1. The first kappa shape index (κ1) is 23.3. The van der Waals surface area contributed by atoms with E-state index in [4.69, 9.17) is 20.2 Å². The molecule has 0 aliphatic carbocycles. The minimum absolute atomic E-state index is 0.0801. The second kappa shape index (κ2) is 9.01. The van der Waals surface area contributed by atoms with Gasteiger partial charge in [-0.15, -0.1) is 11.3 Å². The summed E-state index contributed by atoms with van der Waals surface area (Å²) in [5.41, 5.74) is -1.37. The summed E-state index contributed by atoms with van der Waals surface area (Å²) in [5.74, 6) is 0. The third kappa shape index (κ3) is 4.21. The Kier molecular flexibility index (Phi) is 6.35. The van der Waals surface area contributed by atoms with E-state index in [0.29, 0.717) is 10.8 Å². The lowest BCUT2D eigenvalue weighted by atomic mass is 10.0. The van der Waals surface area contributed by atoms with Crippen LogP contribution in [0.3, 0.4) is 0 Å². The Labute approximate surface area is 186 Å². The Morgan fingerprint density at radius 3 is 1.09 bits per heavy atom. The molecule has 0 unspecified atom stereocenters. The molecule has 0 N–H and O–H groups in total. The van der Waals surface area contributed by atoms with Gasteiger partial charge in [-0.1, -0.05) is 48.5 Å². The van der Waals surface area contributed by atoms with Crippen molar-refractivity contribution in [1.82, 2.24) is 0 Å². The lowest BCUT2D eigenvalue weighted by Crippen LogP contribution is -2.14. The largest absolute Gasteiger partial charge is 0.289 e. The van der Waals surface area contributed by atoms with Crippen LogP contribution in [0.1, 0.15) is 0 Å². The number of hydrogen-bond donors (Lipinski definition) is 0. The Hall–Kier alpha value is -4.38. The van der Waals surface area contributed by atoms with Crippen molar-refractivity contribution in [3.63, 3.8) is 0 Å². The fourth-order valence-corrected chi connectivity index (χ4v) is 4.66. The minimum Gasteiger partial charge on any atom is -0.289 e. The summed E-state index contributed by atoms with van der Waals surface area (Å²) in [5, 5.41) is 19.0. The van der Waals surface area contributed by atoms with Crippen LogP contribution in [0.15, 0.2) is 67.7 Å². The number of benzene rings is 4. The van der Waals surface area contributed by atoms with Gasteiger partial charge in [0.25, 0.3) is 0 Å². The molecule has 0 saturated heterocycles. The quantitative estimate of drug-likeness (QED) is 0.249. The fraction of sp³-hybridized carbons (Fsp3) is 0.0909. The maximum atomic E-state index is 12.9. The Morgan fingerprint density at radius 2 is 0.818 bits per heavy atom. The standard InChI is InChI=1S/C20H8O4S.2CH3NO2/c21-15-9-5-1-3-7-11(9)17(23)19-13(15)14-16(22)10-6-2-4-8-12(10)18(24)20(14)25-19;2*1-2(3)4/h1-8H;2*1H3. The topological polar surface area (TPSA) is 155 Å². The SMILES string of the molecule is C[N+](=O)[O-].C[N+](=O)[O-].O=c1c2ccccc2c(=O)c2c1sc1c(=O)c3ccccc3c(=O)c12. The van der Waals surface area contributed by atoms with Crippen LogP contribution in [0.4, 0.5) is 0 Å². The van der Waals surface area contributed by atoms with Crippen LogP contribution in [0.5, 0.6) is 0 Å². The first-order chi connectivity index (χ1) is 15.6. The van der Waals surface area contributed by atoms with E-state index in [1.54, 1.807) is 48.5 Å². The predicted molar refractivity (Wildman–Crippen MR) is 128 cm³/mol. The van der Waals surface area contributed by atoms with Gasteiger partial charge in [-0.25, -0.2) is 0 Å². The Morgan fingerprint density at radius 1 is 0.576 bits per heavy atom. The second-order valence-electron chi connectivity index (χ2n) is 6.80. The lowest BCUT2D eigenvalue weighted by Gasteiger charge is -1.97. The van der Waals surface area contributed by atoms with Gasteiger partial charge in [0.2, 0.25) is 10.9 Å². The maximum absolute atomic E-state index is 12.9. The zero-order valence-electron chi connectivity index (χ0n) is 17.2. The minimum atomic E-state index is -0.500. The summed E-state index contributed by atoms with van der Waals surface area (Å²) in [6.45, 7) is 0. The molecule has 166 valence electrons. The van der Waals surface area contributed by atoms with Crippen LogP contribution in [0, 0.1) is 20.2 Å². The highest BCUT2D eigenvalue weighted by atomic mass is 32.1. The molecule has 1 heterocycles. The Bertz CT molecular complexity index is 1640. The van der Waals surface area contributed by atoms with E-state index in [9.17, 15) is 19.2 Å². The second-order valence-corrected chi connectivity index (χ2v) is 7.82. The monoisotopic (exact) mass is 466 g/mol. The smallest absolute Gasteiger partial charge is 0.204 e. The summed E-state index contributed by atoms with van der Waals surface area (Å²) in [7, 11) is 1.78. The fourth-order valence-electron chi connectivity index (χ4n) is 3.46. The molecule has 0 aliphatic rings. The molecule has 5 rings (SSSR count). The number of nitrogens with zero attached hydrogens (tertiary/aromatic N) is 2. The van der Waals surface area contributed by atoms with Crippen molar-refractivity contribution >= 4 is 53.1 Å². The third-order valence-electron chi connectivity index (χ3n) is 4.61. The Balaban J connectivity index is 0.000000335. The van der Waals surface area contributed by atoms with Crippen molar-refractivity contribution < 1.29 is 9.85 Å². The van der Waals surface area contributed by atoms with Crippen molar-refractivity contribution in [2.24, 2.45) is 0 Å². The first-order valence-electron chi connectivity index (χ1n) is 9.25. The highest BCUT2D eigenvalue weighted by Gasteiger charge is 2.21. The van der Waals surface area contributed by atoms with Crippen LogP contribution in [-0.2, 0) is 0 Å². The molecule has 0 aliphatic heterocycles. The van der Waals surface area contributed by atoms with E-state index in [2.05, 4.69) is 0 Å². The van der Waals surface area contributed by atoms with Gasteiger partial charge < -0.3 is 0 Å². The highest BCUT2D eigenvalue weighted by molar-refractivity contribution is 7.25. The molecule has 5 aromatic rings. The normalized spacial score (nSPS) is 10.5. The van der Waals surface area contributed by atoms with Gasteiger partial charge in [0.1, 0.15) is 0 Å². The van der Waals surface area contributed by atoms with E-state index in [-0.39, 0.29) is 52.7 Å². The van der Waals surface area contributed by atoms with E-state index >= 15 is 0 Å². The molecule has 11 heteroatoms. The van der Waals surface area contributed by atoms with Crippen LogP contribution >= 0.6 is 11.3 Å². The van der Waals surface area contributed by atoms with Gasteiger partial charge in [-0.2, -0.15) is 0 Å². The van der Waals surface area contributed by atoms with Crippen LogP contribution < -0.4 is 21.7 Å². The molecule has 33 heavy (non-hydrogen) atoms. The van der Waals surface area contributed by atoms with E-state index < -0.39 is 9.85 Å². The lowest BCUT2D eigenvalue weighted by molar-refractivity contribution is -0.445. The molecule has 0 bridgehead atoms. The molecule has 0 spiro atoms. The van der Waals surface area contributed by atoms with Gasteiger partial charge in [0.15, 0.2) is 25.0 Å². The van der Waals surface area contributed by atoms with Gasteiger partial charge in [0.05, 0.1) is 20.2 Å². The van der Waals surface area contributed by atoms with E-state index in [0.717, 1.165) is 25.4 Å². The van der Waals surface area contributed by atoms with Crippen LogP contribution in [0.25, 0.3) is 41.7 Å². The van der Waals surface area contributed by atoms with Gasteiger partial charge >= 0.3 is 0 Å². The van der Waals surface area contributed by atoms with Crippen LogP contribution in [-0.4, -0.2) is 23.9 Å². The average molecular weight is 466 g/mol. The summed E-state index contributed by atoms with van der Waals surface area (Å²) < 4.78 is 0.367. The zero-order valence-corrected chi connectivity index (χ0v) is 18.0. The number of nitro groups is 2. The molecule has 0 fully saturated rings. The molecule has 0 radical (unpaired) electrons. The number of rotatable bonds is 0. The van der Waals surface area contributed by atoms with Crippen molar-refractivity contribution in [3.8, 4) is 0 Å². The molecule has 10 nitrogen and oxygen atoms in total. The molecule has 0 saturated carbocycles. The van der Waals surface area contributed by atoms with Crippen molar-refractivity contribution in [2.45, 2.75) is 0 Å².